The van der Waals surface area contributed by atoms with E-state index >= 15 is 0 Å². The molecule has 0 heterocycles. The highest BCUT2D eigenvalue weighted by molar-refractivity contribution is 5.94. The zero-order chi connectivity index (χ0) is 21.8. The van der Waals surface area contributed by atoms with Crippen molar-refractivity contribution >= 4 is 17.6 Å². The minimum Gasteiger partial charge on any atom is -0.496 e. The number of esters is 1. The Morgan fingerprint density at radius 2 is 1.90 bits per heavy atom. The molecule has 0 saturated carbocycles. The maximum absolute atomic E-state index is 11.9. The van der Waals surface area contributed by atoms with Crippen molar-refractivity contribution < 1.29 is 23.7 Å². The van der Waals surface area contributed by atoms with Crippen LogP contribution in [0.4, 0.5) is 5.69 Å². The number of nitrogens with one attached hydrogen (secondary N) is 2. The van der Waals surface area contributed by atoms with Crippen molar-refractivity contribution in [1.82, 2.24) is 5.32 Å². The Morgan fingerprint density at radius 1 is 1.07 bits per heavy atom. The van der Waals surface area contributed by atoms with E-state index in [1.807, 2.05) is 30.3 Å². The summed E-state index contributed by atoms with van der Waals surface area (Å²) < 4.78 is 20.8. The van der Waals surface area contributed by atoms with Gasteiger partial charge in [0.2, 0.25) is 0 Å². The second-order valence-corrected chi connectivity index (χ2v) is 6.30. The molecule has 0 saturated heterocycles. The van der Waals surface area contributed by atoms with Gasteiger partial charge in [0.05, 0.1) is 20.8 Å². The molecule has 0 fully saturated rings. The Kier molecular flexibility index (Phi) is 9.47. The van der Waals surface area contributed by atoms with Gasteiger partial charge in [-0.15, -0.1) is 0 Å². The van der Waals surface area contributed by atoms with Crippen molar-refractivity contribution in [2.75, 3.05) is 46.9 Å². The first-order valence-electron chi connectivity index (χ1n) is 9.56. The topological polar surface area (TPSA) is 90.4 Å². The number of rotatable bonds is 10. The lowest BCUT2D eigenvalue weighted by Gasteiger charge is -2.14. The summed E-state index contributed by atoms with van der Waals surface area (Å²) in [5, 5.41) is 6.45. The lowest BCUT2D eigenvalue weighted by Crippen LogP contribution is -2.30. The number of anilines is 1. The maximum atomic E-state index is 11.9. The fourth-order valence-corrected chi connectivity index (χ4v) is 2.69. The smallest absolute Gasteiger partial charge is 0.341 e. The van der Waals surface area contributed by atoms with E-state index in [2.05, 4.69) is 15.6 Å². The summed E-state index contributed by atoms with van der Waals surface area (Å²) in [6.07, 6.45) is 0.826. The van der Waals surface area contributed by atoms with Crippen molar-refractivity contribution in [3.8, 4) is 11.5 Å². The number of nitrogens with zero attached hydrogens (tertiary/aromatic N) is 1. The van der Waals surface area contributed by atoms with Gasteiger partial charge in [-0.05, 0) is 29.8 Å². The highest BCUT2D eigenvalue weighted by Gasteiger charge is 2.13. The lowest BCUT2D eigenvalue weighted by molar-refractivity contribution is 0.0597. The molecule has 0 aliphatic rings. The van der Waals surface area contributed by atoms with Gasteiger partial charge < -0.3 is 29.6 Å². The summed E-state index contributed by atoms with van der Waals surface area (Å²) in [4.78, 5) is 16.2. The summed E-state index contributed by atoms with van der Waals surface area (Å²) in [6.45, 7) is 1.71. The molecule has 0 aromatic heterocycles. The summed E-state index contributed by atoms with van der Waals surface area (Å²) in [6, 6.07) is 13.0. The van der Waals surface area contributed by atoms with Crippen LogP contribution in [0.1, 0.15) is 22.3 Å². The van der Waals surface area contributed by atoms with Crippen LogP contribution in [0.25, 0.3) is 0 Å². The van der Waals surface area contributed by atoms with Gasteiger partial charge in [-0.1, -0.05) is 12.1 Å². The van der Waals surface area contributed by atoms with Crippen LogP contribution in [0, 0.1) is 0 Å². The van der Waals surface area contributed by atoms with E-state index in [4.69, 9.17) is 18.9 Å². The molecule has 0 spiro atoms. The van der Waals surface area contributed by atoms with Gasteiger partial charge in [0.25, 0.3) is 0 Å². The van der Waals surface area contributed by atoms with E-state index in [1.165, 1.54) is 14.2 Å². The zero-order valence-corrected chi connectivity index (χ0v) is 17.9. The molecule has 8 nitrogen and oxygen atoms in total. The monoisotopic (exact) mass is 415 g/mol. The van der Waals surface area contributed by atoms with Gasteiger partial charge in [0.1, 0.15) is 17.1 Å². The van der Waals surface area contributed by atoms with E-state index in [0.29, 0.717) is 37.0 Å². The number of guanidine groups is 1. The highest BCUT2D eigenvalue weighted by Crippen LogP contribution is 2.21. The average molecular weight is 415 g/mol. The van der Waals surface area contributed by atoms with Crippen molar-refractivity contribution in [1.29, 1.82) is 0 Å². The SMILES string of the molecule is CN=C(NCc1ccc(OC)c(C(=O)OC)c1)Nc1cccc(OCCCOC)c1. The van der Waals surface area contributed by atoms with Gasteiger partial charge in [0, 0.05) is 45.5 Å². The number of methoxy groups -OCH3 is 3. The van der Waals surface area contributed by atoms with Crippen LogP contribution >= 0.6 is 0 Å². The first-order chi connectivity index (χ1) is 14.6. The van der Waals surface area contributed by atoms with E-state index in [-0.39, 0.29) is 0 Å². The molecule has 0 unspecified atom stereocenters. The fourth-order valence-electron chi connectivity index (χ4n) is 2.69. The van der Waals surface area contributed by atoms with Crippen LogP contribution in [0.5, 0.6) is 11.5 Å². The molecule has 0 atom stereocenters. The third-order valence-electron chi connectivity index (χ3n) is 4.21. The van der Waals surface area contributed by atoms with Crippen LogP contribution in [-0.4, -0.2) is 53.5 Å². The molecule has 0 bridgehead atoms. The van der Waals surface area contributed by atoms with E-state index in [1.54, 1.807) is 26.3 Å². The second kappa shape index (κ2) is 12.3. The van der Waals surface area contributed by atoms with Gasteiger partial charge in [-0.2, -0.15) is 0 Å². The molecule has 0 aliphatic carbocycles. The lowest BCUT2D eigenvalue weighted by atomic mass is 10.1. The third kappa shape index (κ3) is 6.97. The van der Waals surface area contributed by atoms with E-state index in [0.717, 1.165) is 23.4 Å². The first-order valence-corrected chi connectivity index (χ1v) is 9.56. The molecule has 2 N–H and O–H groups in total. The van der Waals surface area contributed by atoms with Crippen molar-refractivity contribution in [3.63, 3.8) is 0 Å². The predicted molar refractivity (Wildman–Crippen MR) is 117 cm³/mol. The summed E-state index contributed by atoms with van der Waals surface area (Å²) >= 11 is 0. The number of hydrogen-bond donors (Lipinski definition) is 2. The predicted octanol–water partition coefficient (Wildman–Crippen LogP) is 3.08. The number of carbonyl (C=O) groups excluding carboxylic acids is 1. The van der Waals surface area contributed by atoms with Crippen LogP contribution in [0.2, 0.25) is 0 Å². The molecule has 2 aromatic carbocycles. The molecule has 0 aliphatic heterocycles. The van der Waals surface area contributed by atoms with E-state index in [9.17, 15) is 4.79 Å². The largest absolute Gasteiger partial charge is 0.496 e. The molecule has 0 amide bonds. The van der Waals surface area contributed by atoms with Gasteiger partial charge in [-0.3, -0.25) is 4.99 Å². The Balaban J connectivity index is 1.98. The van der Waals surface area contributed by atoms with Gasteiger partial charge in [0.15, 0.2) is 5.96 Å². The molecular formula is C22H29N3O5. The summed E-state index contributed by atoms with van der Waals surface area (Å²) in [5.41, 5.74) is 2.10. The maximum Gasteiger partial charge on any atom is 0.341 e. The van der Waals surface area contributed by atoms with Crippen LogP contribution in [0.3, 0.4) is 0 Å². The van der Waals surface area contributed by atoms with Crippen LogP contribution < -0.4 is 20.1 Å². The Morgan fingerprint density at radius 3 is 2.60 bits per heavy atom. The zero-order valence-electron chi connectivity index (χ0n) is 17.9. The van der Waals surface area contributed by atoms with Crippen molar-refractivity contribution in [2.24, 2.45) is 4.99 Å². The van der Waals surface area contributed by atoms with Crippen LogP contribution in [-0.2, 0) is 16.0 Å². The Bertz CT molecular complexity index is 854. The Hall–Kier alpha value is -3.26. The van der Waals surface area contributed by atoms with E-state index < -0.39 is 5.97 Å². The minimum absolute atomic E-state index is 0.376. The quantitative estimate of drug-likeness (QED) is 0.267. The average Bonchev–Trinajstić information content (AvgIpc) is 2.79. The van der Waals surface area contributed by atoms with Gasteiger partial charge >= 0.3 is 5.97 Å². The fraction of sp³-hybridized carbons (Fsp3) is 0.364. The number of aliphatic imine (C=N–C) groups is 1. The number of benzene rings is 2. The highest BCUT2D eigenvalue weighted by atomic mass is 16.5. The molecule has 2 aromatic rings. The van der Waals surface area contributed by atoms with Gasteiger partial charge in [-0.25, -0.2) is 4.79 Å². The molecule has 30 heavy (non-hydrogen) atoms. The third-order valence-corrected chi connectivity index (χ3v) is 4.21. The molecule has 2 rings (SSSR count). The minimum atomic E-state index is -0.446. The summed E-state index contributed by atoms with van der Waals surface area (Å²) in [5.74, 6) is 1.38. The molecule has 162 valence electrons. The second-order valence-electron chi connectivity index (χ2n) is 6.30. The number of carbonyl (C=O) groups is 1. The van der Waals surface area contributed by atoms with Crippen molar-refractivity contribution in [2.45, 2.75) is 13.0 Å². The molecule has 0 radical (unpaired) electrons. The number of hydrogen-bond acceptors (Lipinski definition) is 6. The number of ether oxygens (including phenoxy) is 4. The summed E-state index contributed by atoms with van der Waals surface area (Å²) in [7, 11) is 6.22. The first kappa shape index (κ1) is 23.0. The molecular weight excluding hydrogens is 386 g/mol. The normalized spacial score (nSPS) is 11.0. The Labute approximate surface area is 177 Å². The van der Waals surface area contributed by atoms with Crippen molar-refractivity contribution in [3.05, 3.63) is 53.6 Å². The van der Waals surface area contributed by atoms with Crippen LogP contribution in [0.15, 0.2) is 47.5 Å². The molecule has 8 heteroatoms. The standard InChI is InChI=1S/C22H29N3O5/c1-23-22(25-17-7-5-8-18(14-17)30-12-6-11-27-2)24-15-16-9-10-20(28-3)19(13-16)21(26)29-4/h5,7-10,13-14H,6,11-12,15H2,1-4H3,(H2,23,24,25).